The minimum atomic E-state index is 0.166. The van der Waals surface area contributed by atoms with E-state index < -0.39 is 0 Å². The second kappa shape index (κ2) is 9.08. The summed E-state index contributed by atoms with van der Waals surface area (Å²) in [6.45, 7) is 9.51. The summed E-state index contributed by atoms with van der Waals surface area (Å²) in [6, 6.07) is 28.0. The zero-order chi connectivity index (χ0) is 22.7. The van der Waals surface area contributed by atoms with Crippen molar-refractivity contribution in [1.29, 1.82) is 0 Å². The van der Waals surface area contributed by atoms with E-state index in [2.05, 4.69) is 111 Å². The third kappa shape index (κ3) is 4.96. The highest BCUT2D eigenvalue weighted by Crippen LogP contribution is 2.32. The zero-order valence-electron chi connectivity index (χ0n) is 19.5. The van der Waals surface area contributed by atoms with Gasteiger partial charge in [0.25, 0.3) is 0 Å². The van der Waals surface area contributed by atoms with E-state index >= 15 is 0 Å². The molecule has 1 aliphatic rings. The van der Waals surface area contributed by atoms with Crippen molar-refractivity contribution in [2.45, 2.75) is 39.5 Å². The number of nitrogens with zero attached hydrogens (tertiary/aromatic N) is 1. The molecule has 0 fully saturated rings. The molecule has 1 atom stereocenters. The molecule has 0 saturated carbocycles. The van der Waals surface area contributed by atoms with Crippen LogP contribution in [-0.2, 0) is 11.8 Å². The molecule has 3 aromatic carbocycles. The van der Waals surface area contributed by atoms with Crippen LogP contribution in [0.25, 0.3) is 11.1 Å². The van der Waals surface area contributed by atoms with Crippen molar-refractivity contribution in [2.75, 3.05) is 11.4 Å². The lowest BCUT2D eigenvalue weighted by Gasteiger charge is -2.33. The van der Waals surface area contributed by atoms with Gasteiger partial charge in [0.05, 0.1) is 6.54 Å². The second-order valence-electron chi connectivity index (χ2n) is 9.80. The standard InChI is InChI=1S/C30H33NO/c1-22(19-23-13-15-26(16-14-23)30(2,3)4)29-18-17-28(32)21-31(29)27-12-8-11-25(20-27)24-9-6-5-7-10-24/h5-18,20,22,32H,19,21H2,1-4H3. The molecule has 1 heterocycles. The van der Waals surface area contributed by atoms with E-state index in [0.717, 1.165) is 12.1 Å². The molecule has 2 nitrogen and oxygen atoms in total. The molecule has 4 rings (SSSR count). The minimum Gasteiger partial charge on any atom is -0.510 e. The monoisotopic (exact) mass is 423 g/mol. The molecule has 1 N–H and O–H groups in total. The van der Waals surface area contributed by atoms with Crippen LogP contribution >= 0.6 is 0 Å². The van der Waals surface area contributed by atoms with Gasteiger partial charge in [-0.1, -0.05) is 94.4 Å². The average molecular weight is 424 g/mol. The van der Waals surface area contributed by atoms with Crippen LogP contribution in [0.3, 0.4) is 0 Å². The molecule has 1 unspecified atom stereocenters. The first kappa shape index (κ1) is 22.0. The summed E-state index contributed by atoms with van der Waals surface area (Å²) in [5.74, 6) is 0.709. The number of aliphatic hydroxyl groups is 1. The predicted molar refractivity (Wildman–Crippen MR) is 136 cm³/mol. The Hall–Kier alpha value is -3.26. The number of allylic oxidation sites excluding steroid dienone is 3. The van der Waals surface area contributed by atoms with E-state index in [9.17, 15) is 5.11 Å². The number of hydrogen-bond donors (Lipinski definition) is 1. The fourth-order valence-corrected chi connectivity index (χ4v) is 4.33. The second-order valence-corrected chi connectivity index (χ2v) is 9.80. The van der Waals surface area contributed by atoms with E-state index in [1.165, 1.54) is 28.0 Å². The summed E-state index contributed by atoms with van der Waals surface area (Å²) >= 11 is 0. The van der Waals surface area contributed by atoms with Gasteiger partial charge >= 0.3 is 0 Å². The van der Waals surface area contributed by atoms with Crippen molar-refractivity contribution in [3.63, 3.8) is 0 Å². The van der Waals surface area contributed by atoms with E-state index in [1.54, 1.807) is 0 Å². The lowest BCUT2D eigenvalue weighted by Crippen LogP contribution is -2.31. The van der Waals surface area contributed by atoms with Crippen molar-refractivity contribution in [1.82, 2.24) is 0 Å². The minimum absolute atomic E-state index is 0.166. The van der Waals surface area contributed by atoms with Gasteiger partial charge in [0.15, 0.2) is 0 Å². The molecular weight excluding hydrogens is 390 g/mol. The largest absolute Gasteiger partial charge is 0.510 e. The molecule has 3 aromatic rings. The van der Waals surface area contributed by atoms with Gasteiger partial charge in [0.1, 0.15) is 5.76 Å². The number of aliphatic hydroxyl groups excluding tert-OH is 1. The summed E-state index contributed by atoms with van der Waals surface area (Å²) in [5.41, 5.74) is 7.57. The Labute approximate surface area is 192 Å². The number of hydrogen-bond acceptors (Lipinski definition) is 2. The highest BCUT2D eigenvalue weighted by molar-refractivity contribution is 5.70. The van der Waals surface area contributed by atoms with Gasteiger partial charge in [-0.15, -0.1) is 0 Å². The van der Waals surface area contributed by atoms with Crippen molar-refractivity contribution in [2.24, 2.45) is 5.92 Å². The lowest BCUT2D eigenvalue weighted by molar-refractivity contribution is 0.396. The first-order chi connectivity index (χ1) is 15.3. The average Bonchev–Trinajstić information content (AvgIpc) is 2.79. The summed E-state index contributed by atoms with van der Waals surface area (Å²) < 4.78 is 0. The van der Waals surface area contributed by atoms with Crippen LogP contribution in [-0.4, -0.2) is 11.7 Å². The van der Waals surface area contributed by atoms with Crippen molar-refractivity contribution >= 4 is 5.69 Å². The van der Waals surface area contributed by atoms with Crippen LogP contribution < -0.4 is 4.90 Å². The third-order valence-electron chi connectivity index (χ3n) is 6.21. The van der Waals surface area contributed by atoms with Crippen LogP contribution in [0, 0.1) is 5.92 Å². The quantitative estimate of drug-likeness (QED) is 0.455. The van der Waals surface area contributed by atoms with Crippen molar-refractivity contribution < 1.29 is 5.11 Å². The van der Waals surface area contributed by atoms with E-state index in [1.807, 2.05) is 12.1 Å². The molecule has 0 bridgehead atoms. The van der Waals surface area contributed by atoms with E-state index in [0.29, 0.717) is 18.2 Å². The van der Waals surface area contributed by atoms with Crippen LogP contribution in [0.2, 0.25) is 0 Å². The fourth-order valence-electron chi connectivity index (χ4n) is 4.33. The summed E-state index contributed by atoms with van der Waals surface area (Å²) in [7, 11) is 0. The van der Waals surface area contributed by atoms with Crippen LogP contribution in [0.4, 0.5) is 5.69 Å². The molecule has 0 aromatic heterocycles. The first-order valence-corrected chi connectivity index (χ1v) is 11.4. The Bertz CT molecular complexity index is 1120. The van der Waals surface area contributed by atoms with Crippen molar-refractivity contribution in [3.8, 4) is 11.1 Å². The van der Waals surface area contributed by atoms with Crippen molar-refractivity contribution in [3.05, 3.63) is 114 Å². The molecule has 0 radical (unpaired) electrons. The maximum absolute atomic E-state index is 10.3. The maximum Gasteiger partial charge on any atom is 0.112 e. The zero-order valence-corrected chi connectivity index (χ0v) is 19.5. The molecule has 1 aliphatic heterocycles. The topological polar surface area (TPSA) is 23.5 Å². The number of rotatable bonds is 5. The van der Waals surface area contributed by atoms with Gasteiger partial charge in [-0.25, -0.2) is 0 Å². The molecule has 0 saturated heterocycles. The lowest BCUT2D eigenvalue weighted by atomic mass is 9.86. The summed E-state index contributed by atoms with van der Waals surface area (Å²) in [4.78, 5) is 2.25. The Kier molecular flexibility index (Phi) is 6.23. The Balaban J connectivity index is 1.58. The summed E-state index contributed by atoms with van der Waals surface area (Å²) in [6.07, 6.45) is 4.87. The number of benzene rings is 3. The Morgan fingerprint density at radius 2 is 1.53 bits per heavy atom. The fraction of sp³-hybridized carbons (Fsp3) is 0.267. The molecule has 2 heteroatoms. The van der Waals surface area contributed by atoms with Gasteiger partial charge < -0.3 is 10.0 Å². The van der Waals surface area contributed by atoms with Crippen LogP contribution in [0.1, 0.15) is 38.8 Å². The molecule has 0 amide bonds. The molecule has 164 valence electrons. The summed E-state index contributed by atoms with van der Waals surface area (Å²) in [5, 5.41) is 10.3. The number of anilines is 1. The molecule has 32 heavy (non-hydrogen) atoms. The van der Waals surface area contributed by atoms with Gasteiger partial charge in [0.2, 0.25) is 0 Å². The van der Waals surface area contributed by atoms with E-state index in [4.69, 9.17) is 0 Å². The van der Waals surface area contributed by atoms with Gasteiger partial charge in [-0.05, 0) is 58.4 Å². The van der Waals surface area contributed by atoms with Gasteiger partial charge in [-0.3, -0.25) is 0 Å². The Morgan fingerprint density at radius 1 is 0.844 bits per heavy atom. The van der Waals surface area contributed by atoms with Crippen LogP contribution in [0.15, 0.2) is 102 Å². The maximum atomic E-state index is 10.3. The molecular formula is C30H33NO. The SMILES string of the molecule is CC(Cc1ccc(C(C)(C)C)cc1)C1=CC=C(O)CN1c1cccc(-c2ccccc2)c1. The smallest absolute Gasteiger partial charge is 0.112 e. The van der Waals surface area contributed by atoms with Crippen LogP contribution in [0.5, 0.6) is 0 Å². The normalized spacial score (nSPS) is 15.2. The predicted octanol–water partition coefficient (Wildman–Crippen LogP) is 7.68. The van der Waals surface area contributed by atoms with Gasteiger partial charge in [-0.2, -0.15) is 0 Å². The van der Waals surface area contributed by atoms with Gasteiger partial charge in [0, 0.05) is 17.3 Å². The Morgan fingerprint density at radius 3 is 2.22 bits per heavy atom. The van der Waals surface area contributed by atoms with E-state index in [-0.39, 0.29) is 5.41 Å². The third-order valence-corrected chi connectivity index (χ3v) is 6.21. The first-order valence-electron chi connectivity index (χ1n) is 11.4. The highest BCUT2D eigenvalue weighted by Gasteiger charge is 2.22. The molecule has 0 aliphatic carbocycles. The molecule has 0 spiro atoms. The highest BCUT2D eigenvalue weighted by atomic mass is 16.3.